The monoisotopic (exact) mass is 1070 g/mol. The lowest BCUT2D eigenvalue weighted by Crippen LogP contribution is -2.45. The maximum Gasteiger partial charge on any atom is 0.501 e. The number of carbonyl (C=O) groups is 1. The normalized spacial score (nSPS) is 16.6. The number of hydrogen-bond acceptors (Lipinski definition) is 11. The van der Waals surface area contributed by atoms with Crippen LogP contribution in [0.3, 0.4) is 0 Å². The highest BCUT2D eigenvalue weighted by molar-refractivity contribution is 7.99. The molecule has 0 spiro atoms. The second kappa shape index (κ2) is 22.8. The van der Waals surface area contributed by atoms with Crippen LogP contribution in [0.4, 0.5) is 24.5 Å². The van der Waals surface area contributed by atoms with Gasteiger partial charge in [-0.25, -0.2) is 21.6 Å². The molecule has 0 aromatic heterocycles. The van der Waals surface area contributed by atoms with Crippen molar-refractivity contribution in [1.29, 1.82) is 0 Å². The minimum atomic E-state index is -6.07. The number of benzene rings is 5. The first-order valence-corrected chi connectivity index (χ1v) is 30.9. The molecule has 2 aliphatic rings. The Morgan fingerprint density at radius 2 is 1.48 bits per heavy atom. The fraction of sp³-hybridized carbons (Fsp3) is 0.404. The summed E-state index contributed by atoms with van der Waals surface area (Å²) in [5.41, 5.74) is -2.07. The highest BCUT2D eigenvalue weighted by Gasteiger charge is 2.49. The van der Waals surface area contributed by atoms with Crippen molar-refractivity contribution < 1.29 is 44.0 Å². The van der Waals surface area contributed by atoms with E-state index in [-0.39, 0.29) is 22.6 Å². The van der Waals surface area contributed by atoms with Crippen molar-refractivity contribution in [2.24, 2.45) is 5.92 Å². The van der Waals surface area contributed by atoms with Gasteiger partial charge in [0.05, 0.1) is 29.9 Å². The Bertz CT molecular complexity index is 2820. The van der Waals surface area contributed by atoms with E-state index in [0.29, 0.717) is 69.2 Å². The number of anilines is 2. The summed E-state index contributed by atoms with van der Waals surface area (Å²) >= 11 is 7.71. The number of sulfonamides is 1. The van der Waals surface area contributed by atoms with Crippen molar-refractivity contribution in [3.63, 3.8) is 0 Å². The molecule has 2 saturated heterocycles. The van der Waals surface area contributed by atoms with Crippen molar-refractivity contribution in [1.82, 2.24) is 9.62 Å². The van der Waals surface area contributed by atoms with Gasteiger partial charge in [0.1, 0.15) is 4.90 Å². The van der Waals surface area contributed by atoms with E-state index in [9.17, 15) is 34.8 Å². The lowest BCUT2D eigenvalue weighted by molar-refractivity contribution is -0.0435. The molecular formula is C52H62ClF3N4O7S3Si. The standard InChI is InChI=1S/C52H62ClF3N4O7S3Si/c1-51(2,3)71(4,5)67-49(46-14-10-9-13-45(46)37-15-19-40(53)20-16-37)38-25-29-60(30-26-38)42-21-17-39(18-22-42)50(61)58-70(64,65)44-23-24-47(48(35-44)69(62,63)52(54,55)56)57-41(27-28-59-31-33-66-34-32-59)36-68-43-11-7-6-8-12-43/h6-24,35,38,41,49,57H,25-34,36H2,1-5H3,(H,58,61)/t41-,49?/m1/s1. The number of nitrogens with one attached hydrogen (secondary N) is 2. The zero-order valence-electron chi connectivity index (χ0n) is 40.5. The van der Waals surface area contributed by atoms with Gasteiger partial charge in [0.15, 0.2) is 8.32 Å². The van der Waals surface area contributed by atoms with Crippen LogP contribution in [0.5, 0.6) is 0 Å². The molecule has 2 fully saturated rings. The molecule has 5 aromatic rings. The van der Waals surface area contributed by atoms with Crippen LogP contribution in [0.25, 0.3) is 11.1 Å². The molecule has 2 aliphatic heterocycles. The molecule has 0 saturated carbocycles. The van der Waals surface area contributed by atoms with E-state index in [1.807, 2.05) is 65.4 Å². The van der Waals surface area contributed by atoms with Crippen molar-refractivity contribution in [3.8, 4) is 11.1 Å². The average molecular weight is 1070 g/mol. The molecular weight excluding hydrogens is 1010 g/mol. The zero-order valence-corrected chi connectivity index (χ0v) is 44.8. The van der Waals surface area contributed by atoms with Gasteiger partial charge < -0.3 is 19.4 Å². The number of hydrogen-bond donors (Lipinski definition) is 2. The quantitative estimate of drug-likeness (QED) is 0.0641. The Morgan fingerprint density at radius 3 is 2.11 bits per heavy atom. The summed E-state index contributed by atoms with van der Waals surface area (Å²) in [6, 6.07) is 33.9. The molecule has 5 aromatic carbocycles. The van der Waals surface area contributed by atoms with Gasteiger partial charge in [-0.05, 0) is 127 Å². The van der Waals surface area contributed by atoms with E-state index in [1.165, 1.54) is 23.9 Å². The first-order valence-electron chi connectivity index (χ1n) is 23.7. The first kappa shape index (κ1) is 54.4. The van der Waals surface area contributed by atoms with Crippen LogP contribution < -0.4 is 14.9 Å². The van der Waals surface area contributed by atoms with E-state index < -0.39 is 61.1 Å². The molecule has 0 radical (unpaired) electrons. The van der Waals surface area contributed by atoms with E-state index in [2.05, 4.69) is 67.2 Å². The molecule has 2 heterocycles. The van der Waals surface area contributed by atoms with Gasteiger partial charge >= 0.3 is 5.51 Å². The van der Waals surface area contributed by atoms with Crippen molar-refractivity contribution in [3.05, 3.63) is 137 Å². The third kappa shape index (κ3) is 13.6. The number of carbonyl (C=O) groups excluding carboxylic acids is 1. The summed E-state index contributed by atoms with van der Waals surface area (Å²) in [5, 5.41) is 3.64. The fourth-order valence-electron chi connectivity index (χ4n) is 8.50. The number of piperidine rings is 1. The Morgan fingerprint density at radius 1 is 0.845 bits per heavy atom. The van der Waals surface area contributed by atoms with Gasteiger partial charge in [-0.1, -0.05) is 87.0 Å². The van der Waals surface area contributed by atoms with Crippen molar-refractivity contribution >= 4 is 68.8 Å². The average Bonchev–Trinajstić information content (AvgIpc) is 3.34. The number of thioether (sulfide) groups is 1. The number of alkyl halides is 3. The van der Waals surface area contributed by atoms with Crippen LogP contribution in [0.15, 0.2) is 136 Å². The molecule has 71 heavy (non-hydrogen) atoms. The van der Waals surface area contributed by atoms with Crippen LogP contribution in [0.2, 0.25) is 23.2 Å². The molecule has 11 nitrogen and oxygen atoms in total. The first-order chi connectivity index (χ1) is 33.5. The minimum absolute atomic E-state index is 0.0192. The number of nitrogens with zero attached hydrogens (tertiary/aromatic N) is 2. The number of rotatable bonds is 18. The number of halogens is 4. The second-order valence-corrected chi connectivity index (χ2v) is 29.4. The number of amides is 1. The van der Waals surface area contributed by atoms with Crippen molar-refractivity contribution in [2.75, 3.05) is 61.9 Å². The van der Waals surface area contributed by atoms with Gasteiger partial charge in [-0.2, -0.15) is 13.2 Å². The summed E-state index contributed by atoms with van der Waals surface area (Å²) in [7, 11) is -13.2. The molecule has 7 rings (SSSR count). The van der Waals surface area contributed by atoms with Gasteiger partial charge in [-0.3, -0.25) is 9.69 Å². The maximum absolute atomic E-state index is 14.3. The zero-order chi connectivity index (χ0) is 51.2. The number of sulfone groups is 1. The van der Waals surface area contributed by atoms with E-state index in [4.69, 9.17) is 20.8 Å². The molecule has 1 amide bonds. The van der Waals surface area contributed by atoms with Crippen LogP contribution in [-0.4, -0.2) is 99.2 Å². The van der Waals surface area contributed by atoms with E-state index in [0.717, 1.165) is 52.2 Å². The molecule has 0 bridgehead atoms. The minimum Gasteiger partial charge on any atom is -0.410 e. The lowest BCUT2D eigenvalue weighted by Gasteiger charge is -2.44. The van der Waals surface area contributed by atoms with Gasteiger partial charge in [0.25, 0.3) is 25.8 Å². The predicted molar refractivity (Wildman–Crippen MR) is 280 cm³/mol. The summed E-state index contributed by atoms with van der Waals surface area (Å²) in [6.07, 6.45) is 1.90. The smallest absolute Gasteiger partial charge is 0.410 e. The Balaban J connectivity index is 1.06. The summed E-state index contributed by atoms with van der Waals surface area (Å²) < 4.78 is 111. The molecule has 0 aliphatic carbocycles. The Hall–Kier alpha value is -4.40. The highest BCUT2D eigenvalue weighted by atomic mass is 35.5. The number of ether oxygens (including phenoxy) is 1. The molecule has 382 valence electrons. The van der Waals surface area contributed by atoms with Crippen molar-refractivity contribution in [2.45, 2.75) is 90.5 Å². The SMILES string of the molecule is CC(C)(C)[Si](C)(C)OC(c1ccccc1-c1ccc(Cl)cc1)C1CCN(c2ccc(C(=O)NS(=O)(=O)c3ccc(N[C@H](CCN4CCOCC4)CSc4ccccc4)c(S(=O)(=O)C(F)(F)F)c3)cc2)CC1. The topological polar surface area (TPSA) is 134 Å². The molecule has 1 unspecified atom stereocenters. The summed E-state index contributed by atoms with van der Waals surface area (Å²) in [6.45, 7) is 15.6. The highest BCUT2D eigenvalue weighted by Crippen LogP contribution is 2.46. The van der Waals surface area contributed by atoms with Crippen LogP contribution in [0, 0.1) is 5.92 Å². The van der Waals surface area contributed by atoms with Crippen LogP contribution in [0.1, 0.15) is 62.1 Å². The maximum atomic E-state index is 14.3. The fourth-order valence-corrected chi connectivity index (χ4v) is 12.9. The largest absolute Gasteiger partial charge is 0.501 e. The molecule has 2 N–H and O–H groups in total. The third-order valence-corrected chi connectivity index (χ3v) is 22.4. The lowest BCUT2D eigenvalue weighted by atomic mass is 9.84. The van der Waals surface area contributed by atoms with E-state index >= 15 is 0 Å². The molecule has 19 heteroatoms. The van der Waals surface area contributed by atoms with E-state index in [1.54, 1.807) is 12.1 Å². The Labute approximate surface area is 426 Å². The molecule has 2 atom stereocenters. The van der Waals surface area contributed by atoms with Gasteiger partial charge in [-0.15, -0.1) is 11.8 Å². The summed E-state index contributed by atoms with van der Waals surface area (Å²) in [4.78, 5) is 16.7. The van der Waals surface area contributed by atoms with Crippen LogP contribution >= 0.6 is 23.4 Å². The predicted octanol–water partition coefficient (Wildman–Crippen LogP) is 11.7. The third-order valence-electron chi connectivity index (χ3n) is 13.6. The Kier molecular flexibility index (Phi) is 17.5. The van der Waals surface area contributed by atoms with Gasteiger partial charge in [0, 0.05) is 65.7 Å². The number of morpholine rings is 1. The summed E-state index contributed by atoms with van der Waals surface area (Å²) in [5.74, 6) is -0.481. The van der Waals surface area contributed by atoms with Crippen LogP contribution in [-0.2, 0) is 29.0 Å². The second-order valence-electron chi connectivity index (χ2n) is 19.5. The van der Waals surface area contributed by atoms with Gasteiger partial charge in [0.2, 0.25) is 0 Å².